The Bertz CT molecular complexity index is 742. The molecule has 0 aliphatic heterocycles. The van der Waals surface area contributed by atoms with Gasteiger partial charge < -0.3 is 4.74 Å². The van der Waals surface area contributed by atoms with Crippen LogP contribution in [0.1, 0.15) is 5.69 Å². The number of rotatable bonds is 3. The Labute approximate surface area is 130 Å². The Morgan fingerprint density at radius 1 is 1.15 bits per heavy atom. The maximum absolute atomic E-state index is 11.2. The first kappa shape index (κ1) is 15.4. The zero-order valence-corrected chi connectivity index (χ0v) is 13.2. The summed E-state index contributed by atoms with van der Waals surface area (Å²) in [4.78, 5) is 3.90. The molecular weight excluding hydrogens is 345 g/mol. The van der Waals surface area contributed by atoms with E-state index in [1.165, 1.54) is 24.3 Å². The van der Waals surface area contributed by atoms with Crippen molar-refractivity contribution in [2.75, 3.05) is 0 Å². The van der Waals surface area contributed by atoms with Crippen molar-refractivity contribution in [1.82, 2.24) is 4.98 Å². The number of halogens is 3. The lowest BCUT2D eigenvalue weighted by molar-refractivity contribution is 0.481. The first-order valence-corrected chi connectivity index (χ1v) is 8.38. The fraction of sp³-hybridized carbons (Fsp3) is 0.0833. The summed E-state index contributed by atoms with van der Waals surface area (Å²) in [5, 5.41) is 0.411. The van der Waals surface area contributed by atoms with Gasteiger partial charge in [-0.3, -0.25) is 0 Å². The second-order valence-electron chi connectivity index (χ2n) is 3.90. The van der Waals surface area contributed by atoms with E-state index >= 15 is 0 Å². The van der Waals surface area contributed by atoms with Gasteiger partial charge in [0.05, 0.1) is 9.92 Å². The Hall–Kier alpha value is -1.01. The molecule has 0 N–H and O–H groups in total. The number of nitrogens with zero attached hydrogens (tertiary/aromatic N) is 1. The van der Waals surface area contributed by atoms with E-state index in [1.807, 2.05) is 0 Å². The van der Waals surface area contributed by atoms with E-state index in [-0.39, 0.29) is 20.8 Å². The van der Waals surface area contributed by atoms with Crippen molar-refractivity contribution < 1.29 is 13.2 Å². The average molecular weight is 353 g/mol. The molecule has 0 fully saturated rings. The van der Waals surface area contributed by atoms with Gasteiger partial charge in [0.15, 0.2) is 0 Å². The first-order chi connectivity index (χ1) is 9.25. The Balaban J connectivity index is 2.35. The summed E-state index contributed by atoms with van der Waals surface area (Å²) in [6, 6.07) is 7.14. The highest BCUT2D eigenvalue weighted by Gasteiger charge is 2.13. The minimum atomic E-state index is -3.83. The van der Waals surface area contributed by atoms with Crippen molar-refractivity contribution in [3.63, 3.8) is 0 Å². The van der Waals surface area contributed by atoms with Gasteiger partial charge in [0.1, 0.15) is 16.7 Å². The van der Waals surface area contributed by atoms with Crippen LogP contribution in [0.2, 0.25) is 10.2 Å². The fourth-order valence-electron chi connectivity index (χ4n) is 1.50. The second kappa shape index (κ2) is 5.77. The van der Waals surface area contributed by atoms with Gasteiger partial charge in [0, 0.05) is 28.5 Å². The van der Waals surface area contributed by atoms with Gasteiger partial charge in [-0.25, -0.2) is 13.4 Å². The van der Waals surface area contributed by atoms with Crippen LogP contribution < -0.4 is 4.74 Å². The monoisotopic (exact) mass is 351 g/mol. The summed E-state index contributed by atoms with van der Waals surface area (Å²) >= 11 is 11.8. The van der Waals surface area contributed by atoms with Crippen molar-refractivity contribution in [3.05, 3.63) is 46.2 Å². The van der Waals surface area contributed by atoms with E-state index < -0.39 is 9.05 Å². The molecule has 20 heavy (non-hydrogen) atoms. The summed E-state index contributed by atoms with van der Waals surface area (Å²) in [5.41, 5.74) is 0.684. The van der Waals surface area contributed by atoms with Crippen LogP contribution in [0.3, 0.4) is 0 Å². The average Bonchev–Trinajstić information content (AvgIpc) is 2.29. The predicted molar refractivity (Wildman–Crippen MR) is 78.5 cm³/mol. The van der Waals surface area contributed by atoms with E-state index in [4.69, 9.17) is 38.6 Å². The number of ether oxygens (including phenoxy) is 1. The maximum atomic E-state index is 11.2. The Morgan fingerprint density at radius 3 is 2.40 bits per heavy atom. The third-order valence-electron chi connectivity index (χ3n) is 2.31. The van der Waals surface area contributed by atoms with Crippen LogP contribution in [-0.4, -0.2) is 13.4 Å². The van der Waals surface area contributed by atoms with Crippen LogP contribution in [0.5, 0.6) is 11.5 Å². The molecule has 106 valence electrons. The lowest BCUT2D eigenvalue weighted by Crippen LogP contribution is -1.93. The molecule has 2 aromatic rings. The standard InChI is InChI=1S/C12H8Cl3NO3S/c1-7-4-8(5-12(14)16-7)19-11-3-2-9(6-10(11)13)20(15,17)18/h2-6H,1H3. The minimum absolute atomic E-state index is 0.0968. The van der Waals surface area contributed by atoms with Crippen molar-refractivity contribution >= 4 is 42.9 Å². The molecule has 0 spiro atoms. The number of hydrogen-bond acceptors (Lipinski definition) is 4. The Kier molecular flexibility index (Phi) is 4.44. The van der Waals surface area contributed by atoms with Gasteiger partial charge in [0.2, 0.25) is 0 Å². The Morgan fingerprint density at radius 2 is 1.85 bits per heavy atom. The van der Waals surface area contributed by atoms with Gasteiger partial charge >= 0.3 is 0 Å². The molecule has 0 radical (unpaired) electrons. The normalized spacial score (nSPS) is 11.4. The van der Waals surface area contributed by atoms with Gasteiger partial charge in [-0.15, -0.1) is 0 Å². The van der Waals surface area contributed by atoms with Crippen molar-refractivity contribution in [3.8, 4) is 11.5 Å². The predicted octanol–water partition coefficient (Wildman–Crippen LogP) is 4.42. The van der Waals surface area contributed by atoms with Crippen LogP contribution in [0.15, 0.2) is 35.2 Å². The van der Waals surface area contributed by atoms with Crippen molar-refractivity contribution in [2.24, 2.45) is 0 Å². The highest BCUT2D eigenvalue weighted by molar-refractivity contribution is 8.13. The van der Waals surface area contributed by atoms with Crippen LogP contribution in [-0.2, 0) is 9.05 Å². The minimum Gasteiger partial charge on any atom is -0.456 e. The summed E-state index contributed by atoms with van der Waals surface area (Å²) in [7, 11) is 1.40. The molecule has 0 aliphatic rings. The number of hydrogen-bond donors (Lipinski definition) is 0. The van der Waals surface area contributed by atoms with Crippen LogP contribution in [0, 0.1) is 6.92 Å². The summed E-state index contributed by atoms with van der Waals surface area (Å²) < 4.78 is 27.9. The van der Waals surface area contributed by atoms with E-state index in [0.717, 1.165) is 0 Å². The maximum Gasteiger partial charge on any atom is 0.261 e. The molecule has 1 aromatic heterocycles. The van der Waals surface area contributed by atoms with E-state index in [9.17, 15) is 8.42 Å². The molecule has 2 rings (SSSR count). The summed E-state index contributed by atoms with van der Waals surface area (Å²) in [6.07, 6.45) is 0. The third-order valence-corrected chi connectivity index (χ3v) is 4.15. The molecule has 0 saturated heterocycles. The SMILES string of the molecule is Cc1cc(Oc2ccc(S(=O)(=O)Cl)cc2Cl)cc(Cl)n1. The molecule has 8 heteroatoms. The molecular formula is C12H8Cl3NO3S. The molecule has 1 heterocycles. The van der Waals surface area contributed by atoms with Gasteiger partial charge in [-0.05, 0) is 25.1 Å². The quantitative estimate of drug-likeness (QED) is 0.606. The molecule has 0 saturated carbocycles. The van der Waals surface area contributed by atoms with Crippen LogP contribution >= 0.6 is 33.9 Å². The lowest BCUT2D eigenvalue weighted by atomic mass is 10.3. The molecule has 4 nitrogen and oxygen atoms in total. The van der Waals surface area contributed by atoms with Crippen LogP contribution in [0.25, 0.3) is 0 Å². The van der Waals surface area contributed by atoms with E-state index in [2.05, 4.69) is 4.98 Å². The van der Waals surface area contributed by atoms with Crippen molar-refractivity contribution in [2.45, 2.75) is 11.8 Å². The largest absolute Gasteiger partial charge is 0.456 e. The molecule has 0 atom stereocenters. The van der Waals surface area contributed by atoms with E-state index in [1.54, 1.807) is 13.0 Å². The molecule has 0 amide bonds. The molecule has 0 aliphatic carbocycles. The third kappa shape index (κ3) is 3.76. The van der Waals surface area contributed by atoms with Crippen LogP contribution in [0.4, 0.5) is 0 Å². The highest BCUT2D eigenvalue weighted by Crippen LogP contribution is 2.33. The molecule has 1 aromatic carbocycles. The van der Waals surface area contributed by atoms with Gasteiger partial charge in [-0.2, -0.15) is 0 Å². The smallest absolute Gasteiger partial charge is 0.261 e. The van der Waals surface area contributed by atoms with Crippen molar-refractivity contribution in [1.29, 1.82) is 0 Å². The first-order valence-electron chi connectivity index (χ1n) is 5.32. The number of aryl methyl sites for hydroxylation is 1. The number of benzene rings is 1. The molecule has 0 unspecified atom stereocenters. The molecule has 0 bridgehead atoms. The lowest BCUT2D eigenvalue weighted by Gasteiger charge is -2.09. The topological polar surface area (TPSA) is 56.3 Å². The zero-order valence-electron chi connectivity index (χ0n) is 10.1. The van der Waals surface area contributed by atoms with Gasteiger partial charge in [-0.1, -0.05) is 23.2 Å². The summed E-state index contributed by atoms with van der Waals surface area (Å²) in [6.45, 7) is 1.77. The number of pyridine rings is 1. The highest BCUT2D eigenvalue weighted by atomic mass is 35.7. The van der Waals surface area contributed by atoms with E-state index in [0.29, 0.717) is 11.4 Å². The fourth-order valence-corrected chi connectivity index (χ4v) is 2.80. The second-order valence-corrected chi connectivity index (χ2v) is 7.26. The van der Waals surface area contributed by atoms with Gasteiger partial charge in [0.25, 0.3) is 9.05 Å². The summed E-state index contributed by atoms with van der Waals surface area (Å²) in [5.74, 6) is 0.739. The number of aromatic nitrogens is 1. The zero-order chi connectivity index (χ0) is 14.9.